The summed E-state index contributed by atoms with van der Waals surface area (Å²) in [5.41, 5.74) is 0.745. The highest BCUT2D eigenvalue weighted by Gasteiger charge is 2.28. The molecule has 38 heavy (non-hydrogen) atoms. The molecule has 2 aromatic rings. The fraction of sp³-hybridized carbons (Fsp3) is 0.536. The Bertz CT molecular complexity index is 1120. The standard InChI is InChI=1S/C28H42N4O5S/c1-5-6-17-32(27(33)29-21-28(2,3)34)24-15-18-31(19-16-24)20-22-7-11-25(12-8-22)37-26-13-9-23(10-14-26)30-38(4,35)36/h7-14,24,30,34H,5-6,15-21H2,1-4H3,(H,29,33). The maximum absolute atomic E-state index is 12.9. The van der Waals surface area contributed by atoms with Gasteiger partial charge in [0.05, 0.1) is 11.9 Å². The number of ether oxygens (including phenoxy) is 1. The summed E-state index contributed by atoms with van der Waals surface area (Å²) in [6, 6.07) is 14.9. The first-order valence-electron chi connectivity index (χ1n) is 13.3. The van der Waals surface area contributed by atoms with Gasteiger partial charge in [0.2, 0.25) is 10.0 Å². The van der Waals surface area contributed by atoms with Crippen LogP contribution in [0.2, 0.25) is 0 Å². The molecule has 210 valence electrons. The van der Waals surface area contributed by atoms with Crippen LogP contribution < -0.4 is 14.8 Å². The van der Waals surface area contributed by atoms with Crippen LogP contribution in [0.4, 0.5) is 10.5 Å². The van der Waals surface area contributed by atoms with Crippen molar-refractivity contribution in [3.05, 3.63) is 54.1 Å². The third kappa shape index (κ3) is 10.2. The molecule has 1 aliphatic heterocycles. The molecular formula is C28H42N4O5S. The van der Waals surface area contributed by atoms with Crippen LogP contribution in [0.5, 0.6) is 11.5 Å². The molecule has 3 rings (SSSR count). The van der Waals surface area contributed by atoms with Gasteiger partial charge in [-0.2, -0.15) is 0 Å². The van der Waals surface area contributed by atoms with Gasteiger partial charge < -0.3 is 20.1 Å². The lowest BCUT2D eigenvalue weighted by Gasteiger charge is -2.39. The van der Waals surface area contributed by atoms with Crippen molar-refractivity contribution < 1.29 is 23.1 Å². The number of anilines is 1. The zero-order valence-corrected chi connectivity index (χ0v) is 23.8. The maximum Gasteiger partial charge on any atom is 0.317 e. The summed E-state index contributed by atoms with van der Waals surface area (Å²) in [5.74, 6) is 1.33. The van der Waals surface area contributed by atoms with Gasteiger partial charge in [0.1, 0.15) is 11.5 Å². The van der Waals surface area contributed by atoms with Crippen LogP contribution in [0.25, 0.3) is 0 Å². The number of carbonyl (C=O) groups is 1. The quantitative estimate of drug-likeness (QED) is 0.364. The van der Waals surface area contributed by atoms with E-state index in [-0.39, 0.29) is 18.6 Å². The first-order valence-corrected chi connectivity index (χ1v) is 15.1. The molecule has 0 radical (unpaired) electrons. The van der Waals surface area contributed by atoms with E-state index in [2.05, 4.69) is 34.0 Å². The van der Waals surface area contributed by atoms with Gasteiger partial charge in [0, 0.05) is 44.5 Å². The Hall–Kier alpha value is -2.82. The second-order valence-corrected chi connectivity index (χ2v) is 12.4. The SMILES string of the molecule is CCCCN(C(=O)NCC(C)(C)O)C1CCN(Cc2ccc(Oc3ccc(NS(C)(=O)=O)cc3)cc2)CC1. The minimum absolute atomic E-state index is 0.0871. The van der Waals surface area contributed by atoms with Crippen molar-refractivity contribution in [2.24, 2.45) is 0 Å². The zero-order valence-electron chi connectivity index (χ0n) is 22.9. The van der Waals surface area contributed by atoms with Crippen LogP contribution in [0, 0.1) is 0 Å². The molecule has 2 amide bonds. The smallest absolute Gasteiger partial charge is 0.317 e. The number of piperidine rings is 1. The highest BCUT2D eigenvalue weighted by molar-refractivity contribution is 7.92. The molecule has 0 aromatic heterocycles. The van der Waals surface area contributed by atoms with Gasteiger partial charge in [-0.3, -0.25) is 9.62 Å². The van der Waals surface area contributed by atoms with E-state index >= 15 is 0 Å². The molecule has 9 nitrogen and oxygen atoms in total. The predicted octanol–water partition coefficient (Wildman–Crippen LogP) is 4.40. The number of carbonyl (C=O) groups excluding carboxylic acids is 1. The van der Waals surface area contributed by atoms with Gasteiger partial charge in [-0.1, -0.05) is 25.5 Å². The molecule has 1 saturated heterocycles. The maximum atomic E-state index is 12.9. The monoisotopic (exact) mass is 546 g/mol. The molecule has 0 bridgehead atoms. The summed E-state index contributed by atoms with van der Waals surface area (Å²) in [6.45, 7) is 9.14. The molecule has 0 aliphatic carbocycles. The normalized spacial score (nSPS) is 15.2. The Morgan fingerprint density at radius 1 is 1.08 bits per heavy atom. The lowest BCUT2D eigenvalue weighted by molar-refractivity contribution is 0.0746. The molecule has 0 spiro atoms. The number of nitrogens with one attached hydrogen (secondary N) is 2. The summed E-state index contributed by atoms with van der Waals surface area (Å²) in [6.07, 6.45) is 4.95. The number of aliphatic hydroxyl groups is 1. The highest BCUT2D eigenvalue weighted by Crippen LogP contribution is 2.25. The van der Waals surface area contributed by atoms with Crippen LogP contribution in [0.3, 0.4) is 0 Å². The minimum Gasteiger partial charge on any atom is -0.457 e. The fourth-order valence-corrected chi connectivity index (χ4v) is 4.99. The van der Waals surface area contributed by atoms with Gasteiger partial charge in [-0.05, 0) is 75.1 Å². The number of hydrogen-bond acceptors (Lipinski definition) is 6. The Morgan fingerprint density at radius 2 is 1.66 bits per heavy atom. The zero-order chi connectivity index (χ0) is 27.8. The summed E-state index contributed by atoms with van der Waals surface area (Å²) >= 11 is 0. The average Bonchev–Trinajstić information content (AvgIpc) is 2.85. The van der Waals surface area contributed by atoms with Gasteiger partial charge in [-0.15, -0.1) is 0 Å². The van der Waals surface area contributed by atoms with Crippen molar-refractivity contribution in [2.45, 2.75) is 64.6 Å². The molecule has 0 atom stereocenters. The first kappa shape index (κ1) is 29.7. The molecule has 1 heterocycles. The third-order valence-electron chi connectivity index (χ3n) is 6.41. The topological polar surface area (TPSA) is 111 Å². The van der Waals surface area contributed by atoms with Crippen LogP contribution in [-0.2, 0) is 16.6 Å². The Morgan fingerprint density at radius 3 is 2.18 bits per heavy atom. The molecular weight excluding hydrogens is 504 g/mol. The van der Waals surface area contributed by atoms with Crippen LogP contribution in [0.15, 0.2) is 48.5 Å². The lowest BCUT2D eigenvalue weighted by atomic mass is 10.0. The number of urea groups is 1. The van der Waals surface area contributed by atoms with E-state index in [1.54, 1.807) is 38.1 Å². The Kier molecular flexibility index (Phi) is 10.4. The van der Waals surface area contributed by atoms with Gasteiger partial charge in [-0.25, -0.2) is 13.2 Å². The summed E-state index contributed by atoms with van der Waals surface area (Å²) in [4.78, 5) is 17.2. The van der Waals surface area contributed by atoms with E-state index in [1.165, 1.54) is 5.56 Å². The summed E-state index contributed by atoms with van der Waals surface area (Å²) in [7, 11) is -3.31. The number of likely N-dealkylation sites (tertiary alicyclic amines) is 1. The number of unbranched alkanes of at least 4 members (excludes halogenated alkanes) is 1. The van der Waals surface area contributed by atoms with E-state index in [4.69, 9.17) is 4.74 Å². The number of sulfonamides is 1. The Labute approximate surface area is 227 Å². The average molecular weight is 547 g/mol. The third-order valence-corrected chi connectivity index (χ3v) is 7.01. The predicted molar refractivity (Wildman–Crippen MR) is 151 cm³/mol. The molecule has 0 saturated carbocycles. The van der Waals surface area contributed by atoms with Crippen LogP contribution in [0.1, 0.15) is 52.0 Å². The van der Waals surface area contributed by atoms with Crippen molar-refractivity contribution in [2.75, 3.05) is 37.2 Å². The van der Waals surface area contributed by atoms with Crippen molar-refractivity contribution in [3.8, 4) is 11.5 Å². The Balaban J connectivity index is 1.49. The van der Waals surface area contributed by atoms with Gasteiger partial charge in [0.25, 0.3) is 0 Å². The number of amides is 2. The van der Waals surface area contributed by atoms with Crippen LogP contribution in [-0.4, -0.2) is 73.4 Å². The number of rotatable bonds is 12. The second-order valence-electron chi connectivity index (χ2n) is 10.7. The van der Waals surface area contributed by atoms with Crippen molar-refractivity contribution in [1.29, 1.82) is 0 Å². The second kappa shape index (κ2) is 13.3. The molecule has 3 N–H and O–H groups in total. The van der Waals surface area contributed by atoms with E-state index in [9.17, 15) is 18.3 Å². The summed E-state index contributed by atoms with van der Waals surface area (Å²) in [5, 5.41) is 12.9. The van der Waals surface area contributed by atoms with Gasteiger partial charge in [0.15, 0.2) is 0 Å². The van der Waals surface area contributed by atoms with E-state index in [0.29, 0.717) is 17.2 Å². The number of benzene rings is 2. The first-order chi connectivity index (χ1) is 17.9. The lowest BCUT2D eigenvalue weighted by Crippen LogP contribution is -2.52. The van der Waals surface area contributed by atoms with E-state index in [0.717, 1.165) is 58.1 Å². The summed E-state index contributed by atoms with van der Waals surface area (Å²) < 4.78 is 31.0. The highest BCUT2D eigenvalue weighted by atomic mass is 32.2. The van der Waals surface area contributed by atoms with Crippen LogP contribution >= 0.6 is 0 Å². The molecule has 1 fully saturated rings. The molecule has 0 unspecified atom stereocenters. The fourth-order valence-electron chi connectivity index (χ4n) is 4.42. The van der Waals surface area contributed by atoms with Crippen molar-refractivity contribution in [1.82, 2.24) is 15.1 Å². The van der Waals surface area contributed by atoms with E-state index in [1.807, 2.05) is 17.0 Å². The van der Waals surface area contributed by atoms with Gasteiger partial charge >= 0.3 is 6.03 Å². The largest absolute Gasteiger partial charge is 0.457 e. The molecule has 10 heteroatoms. The number of nitrogens with zero attached hydrogens (tertiary/aromatic N) is 2. The molecule has 1 aliphatic rings. The number of hydrogen-bond donors (Lipinski definition) is 3. The molecule has 2 aromatic carbocycles. The van der Waals surface area contributed by atoms with E-state index < -0.39 is 15.6 Å². The van der Waals surface area contributed by atoms with Crippen molar-refractivity contribution in [3.63, 3.8) is 0 Å². The van der Waals surface area contributed by atoms with Crippen molar-refractivity contribution >= 4 is 21.7 Å². The minimum atomic E-state index is -3.31.